The number of hydrogen-bond acceptors (Lipinski definition) is 2. The van der Waals surface area contributed by atoms with Crippen molar-refractivity contribution in [2.45, 2.75) is 24.6 Å². The van der Waals surface area contributed by atoms with E-state index in [4.69, 9.17) is 0 Å². The molecule has 0 spiro atoms. The molecule has 0 saturated carbocycles. The van der Waals surface area contributed by atoms with Gasteiger partial charge in [-0.15, -0.1) is 13.4 Å². The van der Waals surface area contributed by atoms with E-state index in [0.29, 0.717) is 6.42 Å². The molecule has 0 fully saturated rings. The van der Waals surface area contributed by atoms with Gasteiger partial charge in [-0.1, -0.05) is 97.4 Å². The molecular weight excluding hydrogens is 321 g/mol. The van der Waals surface area contributed by atoms with Crippen molar-refractivity contribution in [2.75, 3.05) is 0 Å². The monoisotopic (exact) mass is 342 g/mol. The molecule has 0 bridgehead atoms. The average Bonchev–Trinajstić information content (AvgIpc) is 2.67. The Morgan fingerprint density at radius 3 is 1.22 bits per heavy atom. The zero-order valence-corrected chi connectivity index (χ0v) is 16.2. The van der Waals surface area contributed by atoms with Crippen molar-refractivity contribution in [3.05, 3.63) is 108 Å². The summed E-state index contributed by atoms with van der Waals surface area (Å²) in [5, 5.41) is 22.1. The summed E-state index contributed by atoms with van der Waals surface area (Å²) in [5.41, 5.74) is 3.18. The number of hydrogen-bond donors (Lipinski definition) is 0. The van der Waals surface area contributed by atoms with Gasteiger partial charge in [-0.25, -0.2) is 0 Å². The van der Waals surface area contributed by atoms with Crippen molar-refractivity contribution in [2.24, 2.45) is 0 Å². The van der Waals surface area contributed by atoms with Gasteiger partial charge in [0.2, 0.25) is 0 Å². The maximum atomic E-state index is 11.1. The first-order chi connectivity index (χ1) is 12.2. The van der Waals surface area contributed by atoms with Crippen LogP contribution in [0, 0.1) is 0 Å². The van der Waals surface area contributed by atoms with Crippen LogP contribution in [0.4, 0.5) is 0 Å². The predicted octanol–water partition coefficient (Wildman–Crippen LogP) is -2.98. The van der Waals surface area contributed by atoms with E-state index in [9.17, 15) is 10.0 Å². The van der Waals surface area contributed by atoms with Crippen molar-refractivity contribution in [3.63, 3.8) is 0 Å². The van der Waals surface area contributed by atoms with E-state index in [-0.39, 0.29) is 49.5 Å². The molecule has 0 heterocycles. The summed E-state index contributed by atoms with van der Waals surface area (Å²) in [6, 6.07) is 31.1. The summed E-state index contributed by atoms with van der Waals surface area (Å²) in [5.74, 6) is 0. The van der Waals surface area contributed by atoms with Crippen molar-refractivity contribution in [1.82, 2.24) is 0 Å². The molecule has 126 valence electrons. The molecule has 5 heteroatoms. The molecule has 0 saturated heterocycles. The van der Waals surface area contributed by atoms with Crippen LogP contribution >= 0.6 is 0 Å². The maximum Gasteiger partial charge on any atom is 1.00 e. The Balaban J connectivity index is 0.00000182. The van der Waals surface area contributed by atoms with Gasteiger partial charge in [0, 0.05) is 5.41 Å². The Hall–Kier alpha value is -1.16. The molecule has 0 aromatic heterocycles. The second-order valence-electron chi connectivity index (χ2n) is 6.33. The second-order valence-corrected chi connectivity index (χ2v) is 6.33. The van der Waals surface area contributed by atoms with E-state index in [2.05, 4.69) is 36.4 Å². The van der Waals surface area contributed by atoms with Crippen LogP contribution < -0.4 is 47.8 Å². The van der Waals surface area contributed by atoms with Crippen molar-refractivity contribution >= 4 is 7.12 Å². The molecule has 3 rings (SSSR count). The third kappa shape index (κ3) is 5.66. The Kier molecular flexibility index (Phi) is 10.3. The maximum absolute atomic E-state index is 11.1. The molecule has 0 aliphatic carbocycles. The van der Waals surface area contributed by atoms with Gasteiger partial charge >= 0.3 is 37.7 Å². The second kappa shape index (κ2) is 11.6. The van der Waals surface area contributed by atoms with Gasteiger partial charge in [-0.2, -0.15) is 0 Å². The van der Waals surface area contributed by atoms with Crippen molar-refractivity contribution < 1.29 is 47.8 Å². The molecule has 0 unspecified atom stereocenters. The van der Waals surface area contributed by atoms with Gasteiger partial charge in [-0.05, 0) is 23.1 Å². The fourth-order valence-corrected chi connectivity index (χ4v) is 3.63. The van der Waals surface area contributed by atoms with Crippen molar-refractivity contribution in [3.8, 4) is 0 Å². The molecule has 0 aliphatic rings. The smallest absolute Gasteiger partial charge is 0.893 e. The zero-order chi connectivity index (χ0) is 17.5. The third-order valence-electron chi connectivity index (χ3n) is 4.79. The van der Waals surface area contributed by atoms with Crippen LogP contribution in [0.5, 0.6) is 0 Å². The van der Waals surface area contributed by atoms with Crippen LogP contribution in [-0.2, 0) is 5.41 Å². The van der Waals surface area contributed by atoms with Gasteiger partial charge in [0.25, 0.3) is 0 Å². The van der Waals surface area contributed by atoms with E-state index in [1.54, 1.807) is 0 Å². The van der Waals surface area contributed by atoms with Crippen LogP contribution in [0.15, 0.2) is 91.0 Å². The standard InChI is InChI=1S/C22H21BO2.2Li/c24-23(25)18-10-17-22(19-11-4-1-5-12-19,20-13-6-2-7-14-20)21-15-8-3-9-16-21;;/h1-9,11-16H,10,17-18H2;;/q-2;2*+1. The molecule has 0 aliphatic heterocycles. The summed E-state index contributed by atoms with van der Waals surface area (Å²) in [4.78, 5) is 0. The van der Waals surface area contributed by atoms with Gasteiger partial charge in [0.05, 0.1) is 0 Å². The summed E-state index contributed by atoms with van der Waals surface area (Å²) >= 11 is 0. The van der Waals surface area contributed by atoms with Crippen molar-refractivity contribution in [1.29, 1.82) is 0 Å². The quantitative estimate of drug-likeness (QED) is 0.340. The molecular formula is C22H21BLi2O2. The van der Waals surface area contributed by atoms with E-state index >= 15 is 0 Å². The average molecular weight is 342 g/mol. The first kappa shape index (κ1) is 23.9. The van der Waals surface area contributed by atoms with Crippen LogP contribution in [-0.4, -0.2) is 7.12 Å². The summed E-state index contributed by atoms with van der Waals surface area (Å²) in [7, 11) is -1.76. The molecule has 27 heavy (non-hydrogen) atoms. The summed E-state index contributed by atoms with van der Waals surface area (Å²) in [6.07, 6.45) is 1.47. The Morgan fingerprint density at radius 1 is 0.593 bits per heavy atom. The number of rotatable bonds is 7. The predicted molar refractivity (Wildman–Crippen MR) is 99.0 cm³/mol. The first-order valence-electron chi connectivity index (χ1n) is 8.72. The molecule has 0 radical (unpaired) electrons. The van der Waals surface area contributed by atoms with Gasteiger partial charge in [0.1, 0.15) is 0 Å². The molecule has 3 aromatic carbocycles. The molecule has 2 nitrogen and oxygen atoms in total. The minimum absolute atomic E-state index is 0. The topological polar surface area (TPSA) is 46.1 Å². The Bertz CT molecular complexity index is 671. The summed E-state index contributed by atoms with van der Waals surface area (Å²) in [6.45, 7) is 0. The molecule has 0 amide bonds. The zero-order valence-electron chi connectivity index (χ0n) is 16.2. The van der Waals surface area contributed by atoms with Crippen LogP contribution in [0.3, 0.4) is 0 Å². The molecule has 0 atom stereocenters. The van der Waals surface area contributed by atoms with Crippen LogP contribution in [0.1, 0.15) is 29.5 Å². The van der Waals surface area contributed by atoms with Gasteiger partial charge < -0.3 is 10.0 Å². The van der Waals surface area contributed by atoms with Gasteiger partial charge in [0.15, 0.2) is 0 Å². The van der Waals surface area contributed by atoms with Crippen LogP contribution in [0.2, 0.25) is 6.32 Å². The van der Waals surface area contributed by atoms with Crippen LogP contribution in [0.25, 0.3) is 0 Å². The first-order valence-corrected chi connectivity index (χ1v) is 8.72. The summed E-state index contributed by atoms with van der Waals surface area (Å²) < 4.78 is 0. The van der Waals surface area contributed by atoms with E-state index in [1.807, 2.05) is 54.6 Å². The molecule has 0 N–H and O–H groups in total. The van der Waals surface area contributed by atoms with E-state index in [1.165, 1.54) is 16.7 Å². The van der Waals surface area contributed by atoms with E-state index in [0.717, 1.165) is 6.42 Å². The minimum atomic E-state index is -1.76. The largest absolute Gasteiger partial charge is 1.00 e. The van der Waals surface area contributed by atoms with Gasteiger partial charge in [-0.3, -0.25) is 0 Å². The number of benzene rings is 3. The van der Waals surface area contributed by atoms with E-state index < -0.39 is 7.12 Å². The third-order valence-corrected chi connectivity index (χ3v) is 4.79. The normalized spacial score (nSPS) is 10.4. The fourth-order valence-electron chi connectivity index (χ4n) is 3.63. The Labute approximate surface area is 186 Å². The fraction of sp³-hybridized carbons (Fsp3) is 0.182. The SMILES string of the molecule is [Li+].[Li+].[O-]B([O-])CCCC(c1ccccc1)(c1ccccc1)c1ccccc1. The minimum Gasteiger partial charge on any atom is -0.893 e. The molecule has 3 aromatic rings. The Morgan fingerprint density at radius 2 is 0.926 bits per heavy atom.